The first-order valence-electron chi connectivity index (χ1n) is 7.97. The van der Waals surface area contributed by atoms with E-state index in [0.29, 0.717) is 0 Å². The van der Waals surface area contributed by atoms with E-state index in [1.165, 1.54) is 12.1 Å². The fraction of sp³-hybridized carbons (Fsp3) is 0.263. The van der Waals surface area contributed by atoms with E-state index in [1.807, 2.05) is 32.0 Å². The van der Waals surface area contributed by atoms with E-state index in [9.17, 15) is 14.0 Å². The van der Waals surface area contributed by atoms with Gasteiger partial charge < -0.3 is 15.4 Å². The highest BCUT2D eigenvalue weighted by molar-refractivity contribution is 5.95. The number of ether oxygens (including phenoxy) is 1. The number of hydrogen-bond acceptors (Lipinski definition) is 3. The van der Waals surface area contributed by atoms with Crippen LogP contribution in [0.1, 0.15) is 17.5 Å². The van der Waals surface area contributed by atoms with E-state index >= 15 is 0 Å². The maximum atomic E-state index is 13.4. The molecule has 0 aliphatic heterocycles. The van der Waals surface area contributed by atoms with Crippen LogP contribution in [0.2, 0.25) is 0 Å². The van der Waals surface area contributed by atoms with Gasteiger partial charge in [0.1, 0.15) is 0 Å². The molecule has 5 nitrogen and oxygen atoms in total. The lowest BCUT2D eigenvalue weighted by Crippen LogP contribution is -2.33. The average Bonchev–Trinajstić information content (AvgIpc) is 2.58. The number of para-hydroxylation sites is 2. The van der Waals surface area contributed by atoms with Crippen molar-refractivity contribution in [3.8, 4) is 5.75 Å². The zero-order chi connectivity index (χ0) is 18.2. The van der Waals surface area contributed by atoms with Crippen molar-refractivity contribution in [1.29, 1.82) is 0 Å². The minimum atomic E-state index is -0.476. The van der Waals surface area contributed by atoms with Gasteiger partial charge in [-0.1, -0.05) is 30.3 Å². The standard InChI is InChI=1S/C19H21FN2O3/c1-13-6-5-7-14(2)19(13)22-18(24)12-21-17(23)10-11-25-16-9-4-3-8-15(16)20/h3-9H,10-12H2,1-2H3,(H,21,23)(H,22,24). The molecule has 0 heterocycles. The van der Waals surface area contributed by atoms with E-state index in [0.717, 1.165) is 16.8 Å². The summed E-state index contributed by atoms with van der Waals surface area (Å²) < 4.78 is 18.6. The van der Waals surface area contributed by atoms with Crippen molar-refractivity contribution in [2.45, 2.75) is 20.3 Å². The van der Waals surface area contributed by atoms with Crippen LogP contribution in [-0.4, -0.2) is 25.0 Å². The van der Waals surface area contributed by atoms with Gasteiger partial charge >= 0.3 is 0 Å². The van der Waals surface area contributed by atoms with Crippen molar-refractivity contribution in [3.63, 3.8) is 0 Å². The molecular weight excluding hydrogens is 323 g/mol. The summed E-state index contributed by atoms with van der Waals surface area (Å²) in [6.45, 7) is 3.71. The van der Waals surface area contributed by atoms with Gasteiger partial charge in [-0.05, 0) is 37.1 Å². The monoisotopic (exact) mass is 344 g/mol. The second kappa shape index (κ2) is 8.82. The molecule has 0 aliphatic rings. The third-order valence-corrected chi connectivity index (χ3v) is 3.61. The largest absolute Gasteiger partial charge is 0.490 e. The molecule has 0 radical (unpaired) electrons. The Hall–Kier alpha value is -2.89. The zero-order valence-electron chi connectivity index (χ0n) is 14.3. The first kappa shape index (κ1) is 18.4. The molecule has 0 fully saturated rings. The smallest absolute Gasteiger partial charge is 0.243 e. The Morgan fingerprint density at radius 3 is 2.36 bits per heavy atom. The second-order valence-corrected chi connectivity index (χ2v) is 5.62. The molecule has 2 amide bonds. The van der Waals surface area contributed by atoms with Crippen LogP contribution in [0, 0.1) is 19.7 Å². The Balaban J connectivity index is 1.73. The van der Waals surface area contributed by atoms with Crippen LogP contribution < -0.4 is 15.4 Å². The number of carbonyl (C=O) groups is 2. The highest BCUT2D eigenvalue weighted by atomic mass is 19.1. The molecule has 0 atom stereocenters. The summed E-state index contributed by atoms with van der Waals surface area (Å²) in [5.41, 5.74) is 2.67. The summed E-state index contributed by atoms with van der Waals surface area (Å²) >= 11 is 0. The molecule has 0 bridgehead atoms. The lowest BCUT2D eigenvalue weighted by molar-refractivity contribution is -0.124. The number of nitrogens with one attached hydrogen (secondary N) is 2. The quantitative estimate of drug-likeness (QED) is 0.811. The molecule has 0 aromatic heterocycles. The number of anilines is 1. The van der Waals surface area contributed by atoms with Gasteiger partial charge in [0, 0.05) is 5.69 Å². The third-order valence-electron chi connectivity index (χ3n) is 3.61. The number of rotatable bonds is 7. The summed E-state index contributed by atoms with van der Waals surface area (Å²) in [5, 5.41) is 5.31. The third kappa shape index (κ3) is 5.60. The molecule has 0 unspecified atom stereocenters. The molecule has 6 heteroatoms. The first-order chi connectivity index (χ1) is 12.0. The normalized spacial score (nSPS) is 10.2. The summed E-state index contributed by atoms with van der Waals surface area (Å²) in [4.78, 5) is 23.7. The average molecular weight is 344 g/mol. The molecular formula is C19H21FN2O3. The first-order valence-corrected chi connectivity index (χ1v) is 7.97. The molecule has 2 rings (SSSR count). The predicted molar refractivity (Wildman–Crippen MR) is 94.1 cm³/mol. The molecule has 0 aliphatic carbocycles. The van der Waals surface area contributed by atoms with Gasteiger partial charge in [0.15, 0.2) is 11.6 Å². The van der Waals surface area contributed by atoms with Crippen LogP contribution in [0.3, 0.4) is 0 Å². The van der Waals surface area contributed by atoms with Crippen LogP contribution in [0.15, 0.2) is 42.5 Å². The second-order valence-electron chi connectivity index (χ2n) is 5.62. The van der Waals surface area contributed by atoms with Crippen LogP contribution in [0.25, 0.3) is 0 Å². The Morgan fingerprint density at radius 2 is 1.68 bits per heavy atom. The van der Waals surface area contributed by atoms with E-state index < -0.39 is 5.82 Å². The van der Waals surface area contributed by atoms with Crippen molar-refractivity contribution < 1.29 is 18.7 Å². The van der Waals surface area contributed by atoms with Gasteiger partial charge in [0.25, 0.3) is 0 Å². The maximum Gasteiger partial charge on any atom is 0.243 e. The molecule has 25 heavy (non-hydrogen) atoms. The lowest BCUT2D eigenvalue weighted by atomic mass is 10.1. The van der Waals surface area contributed by atoms with Crippen molar-refractivity contribution >= 4 is 17.5 Å². The van der Waals surface area contributed by atoms with Crippen LogP contribution >= 0.6 is 0 Å². The van der Waals surface area contributed by atoms with Crippen LogP contribution in [0.4, 0.5) is 10.1 Å². The SMILES string of the molecule is Cc1cccc(C)c1NC(=O)CNC(=O)CCOc1ccccc1F. The Labute approximate surface area is 146 Å². The molecule has 0 saturated heterocycles. The van der Waals surface area contributed by atoms with Gasteiger partial charge in [-0.3, -0.25) is 9.59 Å². The van der Waals surface area contributed by atoms with Gasteiger partial charge in [0.2, 0.25) is 11.8 Å². The van der Waals surface area contributed by atoms with E-state index in [4.69, 9.17) is 4.74 Å². The minimum Gasteiger partial charge on any atom is -0.490 e. The van der Waals surface area contributed by atoms with E-state index in [1.54, 1.807) is 12.1 Å². The summed E-state index contributed by atoms with van der Waals surface area (Å²) in [6, 6.07) is 11.7. The van der Waals surface area contributed by atoms with Crippen LogP contribution in [-0.2, 0) is 9.59 Å². The summed E-state index contributed by atoms with van der Waals surface area (Å²) in [6.07, 6.45) is 0.0327. The Bertz CT molecular complexity index is 742. The maximum absolute atomic E-state index is 13.4. The minimum absolute atomic E-state index is 0.0327. The number of hydrogen-bond donors (Lipinski definition) is 2. The molecule has 2 N–H and O–H groups in total. The Kier molecular flexibility index (Phi) is 6.51. The highest BCUT2D eigenvalue weighted by Crippen LogP contribution is 2.19. The topological polar surface area (TPSA) is 67.4 Å². The number of benzene rings is 2. The van der Waals surface area contributed by atoms with Crippen LogP contribution in [0.5, 0.6) is 5.75 Å². The predicted octanol–water partition coefficient (Wildman–Crippen LogP) is 2.97. The highest BCUT2D eigenvalue weighted by Gasteiger charge is 2.09. The molecule has 0 saturated carbocycles. The van der Waals surface area contributed by atoms with E-state index in [2.05, 4.69) is 10.6 Å². The van der Waals surface area contributed by atoms with Gasteiger partial charge in [-0.2, -0.15) is 0 Å². The number of carbonyl (C=O) groups excluding carboxylic acids is 2. The van der Waals surface area contributed by atoms with Crippen molar-refractivity contribution in [3.05, 3.63) is 59.4 Å². The number of halogens is 1. The van der Waals surface area contributed by atoms with Gasteiger partial charge in [-0.15, -0.1) is 0 Å². The van der Waals surface area contributed by atoms with Crippen molar-refractivity contribution in [1.82, 2.24) is 5.32 Å². The van der Waals surface area contributed by atoms with E-state index in [-0.39, 0.29) is 37.1 Å². The van der Waals surface area contributed by atoms with Gasteiger partial charge in [-0.25, -0.2) is 4.39 Å². The summed E-state index contributed by atoms with van der Waals surface area (Å²) in [5.74, 6) is -1.02. The van der Waals surface area contributed by atoms with Gasteiger partial charge in [0.05, 0.1) is 19.6 Å². The molecule has 132 valence electrons. The fourth-order valence-corrected chi connectivity index (χ4v) is 2.28. The zero-order valence-corrected chi connectivity index (χ0v) is 14.3. The number of aryl methyl sites for hydroxylation is 2. The Morgan fingerprint density at radius 1 is 1.00 bits per heavy atom. The van der Waals surface area contributed by atoms with Crippen molar-refractivity contribution in [2.75, 3.05) is 18.5 Å². The lowest BCUT2D eigenvalue weighted by Gasteiger charge is -2.12. The fourth-order valence-electron chi connectivity index (χ4n) is 2.28. The number of amides is 2. The molecule has 2 aromatic rings. The molecule has 0 spiro atoms. The van der Waals surface area contributed by atoms with Crippen molar-refractivity contribution in [2.24, 2.45) is 0 Å². The molecule has 2 aromatic carbocycles. The summed E-state index contributed by atoms with van der Waals surface area (Å²) in [7, 11) is 0.